The summed E-state index contributed by atoms with van der Waals surface area (Å²) in [6.07, 6.45) is 0. The Bertz CT molecular complexity index is 71.2. The third-order valence-electron chi connectivity index (χ3n) is 0.545. The summed E-state index contributed by atoms with van der Waals surface area (Å²) in [6.45, 7) is 1.49. The SMILES string of the molecule is ClN1CCN=N1. The van der Waals surface area contributed by atoms with Gasteiger partial charge in [0.15, 0.2) is 0 Å². The molecule has 3 nitrogen and oxygen atoms in total. The predicted molar refractivity (Wildman–Crippen MR) is 22.3 cm³/mol. The lowest BCUT2D eigenvalue weighted by Gasteiger charge is -1.91. The van der Waals surface area contributed by atoms with Crippen LogP contribution < -0.4 is 0 Å². The number of rotatable bonds is 0. The molecule has 6 heavy (non-hydrogen) atoms. The molecule has 0 aromatic rings. The maximum atomic E-state index is 5.29. The molecule has 0 unspecified atom stereocenters. The minimum atomic E-state index is 0.740. The zero-order chi connectivity index (χ0) is 4.41. The Kier molecular flexibility index (Phi) is 0.919. The van der Waals surface area contributed by atoms with Gasteiger partial charge >= 0.3 is 0 Å². The molecule has 0 amide bonds. The summed E-state index contributed by atoms with van der Waals surface area (Å²) in [5.41, 5.74) is 0. The van der Waals surface area contributed by atoms with E-state index in [0.29, 0.717) is 0 Å². The first kappa shape index (κ1) is 3.87. The van der Waals surface area contributed by atoms with Crippen molar-refractivity contribution in [3.8, 4) is 0 Å². The van der Waals surface area contributed by atoms with Gasteiger partial charge in [-0.2, -0.15) is 9.64 Å². The van der Waals surface area contributed by atoms with E-state index in [2.05, 4.69) is 10.3 Å². The standard InChI is InChI=1S/C2H4ClN3/c3-6-2-1-4-5-6/h1-2H2. The lowest BCUT2D eigenvalue weighted by atomic mass is 10.7. The van der Waals surface area contributed by atoms with Crippen LogP contribution in [0.25, 0.3) is 0 Å². The van der Waals surface area contributed by atoms with E-state index in [1.165, 1.54) is 4.53 Å². The van der Waals surface area contributed by atoms with Gasteiger partial charge in [0, 0.05) is 11.8 Å². The van der Waals surface area contributed by atoms with E-state index in [4.69, 9.17) is 11.8 Å². The monoisotopic (exact) mass is 105 g/mol. The van der Waals surface area contributed by atoms with Gasteiger partial charge in [-0.25, -0.2) is 0 Å². The van der Waals surface area contributed by atoms with Gasteiger partial charge in [-0.1, -0.05) is 5.22 Å². The first-order valence-corrected chi connectivity index (χ1v) is 2.04. The van der Waals surface area contributed by atoms with Gasteiger partial charge in [0.25, 0.3) is 0 Å². The van der Waals surface area contributed by atoms with Crippen molar-refractivity contribution < 1.29 is 0 Å². The van der Waals surface area contributed by atoms with Crippen molar-refractivity contribution in [2.75, 3.05) is 13.1 Å². The maximum Gasteiger partial charge on any atom is 0.0828 e. The van der Waals surface area contributed by atoms with Crippen molar-refractivity contribution in [2.24, 2.45) is 10.3 Å². The summed E-state index contributed by atoms with van der Waals surface area (Å²) in [7, 11) is 0. The molecule has 0 saturated carbocycles. The Hall–Kier alpha value is -0.310. The van der Waals surface area contributed by atoms with Gasteiger partial charge in [-0.05, 0) is 0 Å². The van der Waals surface area contributed by atoms with E-state index >= 15 is 0 Å². The molecule has 0 saturated heterocycles. The average Bonchev–Trinajstić information content (AvgIpc) is 1.86. The Morgan fingerprint density at radius 1 is 1.67 bits per heavy atom. The summed E-state index contributed by atoms with van der Waals surface area (Å²) in [5, 5.41) is 7.04. The van der Waals surface area contributed by atoms with Crippen LogP contribution in [0, 0.1) is 0 Å². The molecule has 0 atom stereocenters. The molecule has 0 radical (unpaired) electrons. The minimum absolute atomic E-state index is 0.740. The molecule has 0 spiro atoms. The first-order chi connectivity index (χ1) is 2.89. The van der Waals surface area contributed by atoms with Crippen LogP contribution in [0.1, 0.15) is 0 Å². The molecule has 34 valence electrons. The summed E-state index contributed by atoms with van der Waals surface area (Å²) in [4.78, 5) is 0. The molecule has 4 heteroatoms. The quantitative estimate of drug-likeness (QED) is 0.419. The number of halogens is 1. The Balaban J connectivity index is 2.38. The van der Waals surface area contributed by atoms with Gasteiger partial charge in [-0.3, -0.25) is 0 Å². The molecule has 1 aliphatic rings. The zero-order valence-electron chi connectivity index (χ0n) is 3.13. The van der Waals surface area contributed by atoms with Crippen molar-refractivity contribution in [3.05, 3.63) is 0 Å². The molecule has 1 heterocycles. The molecular formula is C2H4ClN3. The van der Waals surface area contributed by atoms with Crippen LogP contribution in [0.4, 0.5) is 0 Å². The molecule has 0 N–H and O–H groups in total. The molecule has 0 fully saturated rings. The van der Waals surface area contributed by atoms with Gasteiger partial charge < -0.3 is 0 Å². The second kappa shape index (κ2) is 1.43. The van der Waals surface area contributed by atoms with E-state index < -0.39 is 0 Å². The van der Waals surface area contributed by atoms with E-state index in [0.717, 1.165) is 13.1 Å². The number of nitrogens with zero attached hydrogens (tertiary/aromatic N) is 3. The largest absolute Gasteiger partial charge is 0.185 e. The van der Waals surface area contributed by atoms with Gasteiger partial charge in [-0.15, -0.1) is 0 Å². The number of hydrogen-bond acceptors (Lipinski definition) is 3. The summed E-state index contributed by atoms with van der Waals surface area (Å²) in [5.74, 6) is 0. The van der Waals surface area contributed by atoms with Gasteiger partial charge in [0.05, 0.1) is 13.1 Å². The molecule has 1 aliphatic heterocycles. The van der Waals surface area contributed by atoms with Gasteiger partial charge in [0.1, 0.15) is 0 Å². The van der Waals surface area contributed by atoms with Crippen molar-refractivity contribution in [3.63, 3.8) is 0 Å². The Morgan fingerprint density at radius 3 is 2.67 bits per heavy atom. The fraction of sp³-hybridized carbons (Fsp3) is 1.00. The van der Waals surface area contributed by atoms with Crippen molar-refractivity contribution in [2.45, 2.75) is 0 Å². The summed E-state index contributed by atoms with van der Waals surface area (Å²) >= 11 is 5.29. The second-order valence-electron chi connectivity index (χ2n) is 1.01. The highest BCUT2D eigenvalue weighted by molar-refractivity contribution is 6.13. The lowest BCUT2D eigenvalue weighted by Crippen LogP contribution is -1.99. The molecule has 0 aromatic heterocycles. The van der Waals surface area contributed by atoms with Gasteiger partial charge in [0.2, 0.25) is 0 Å². The summed E-state index contributed by atoms with van der Waals surface area (Å²) in [6, 6.07) is 0. The lowest BCUT2D eigenvalue weighted by molar-refractivity contribution is 0.541. The molecule has 0 aromatic carbocycles. The van der Waals surface area contributed by atoms with Crippen molar-refractivity contribution in [1.82, 2.24) is 4.53 Å². The molecule has 1 rings (SSSR count). The maximum absolute atomic E-state index is 5.29. The third-order valence-corrected chi connectivity index (χ3v) is 0.781. The molecule has 0 bridgehead atoms. The number of hydrogen-bond donors (Lipinski definition) is 0. The molecule has 0 aliphatic carbocycles. The van der Waals surface area contributed by atoms with Crippen LogP contribution in [0.3, 0.4) is 0 Å². The first-order valence-electron chi connectivity index (χ1n) is 1.70. The second-order valence-corrected chi connectivity index (χ2v) is 1.40. The third kappa shape index (κ3) is 0.597. The fourth-order valence-electron chi connectivity index (χ4n) is 0.285. The van der Waals surface area contributed by atoms with E-state index in [1.807, 2.05) is 0 Å². The molecular weight excluding hydrogens is 101 g/mol. The summed E-state index contributed by atoms with van der Waals surface area (Å²) < 4.78 is 1.29. The van der Waals surface area contributed by atoms with Crippen LogP contribution in [0.5, 0.6) is 0 Å². The topological polar surface area (TPSA) is 28.0 Å². The van der Waals surface area contributed by atoms with Crippen LogP contribution in [0.2, 0.25) is 0 Å². The van der Waals surface area contributed by atoms with E-state index in [-0.39, 0.29) is 0 Å². The highest BCUT2D eigenvalue weighted by Crippen LogP contribution is 2.00. The van der Waals surface area contributed by atoms with Crippen molar-refractivity contribution >= 4 is 11.8 Å². The minimum Gasteiger partial charge on any atom is -0.185 e. The predicted octanol–water partition coefficient (Wildman–Crippen LogP) is 0.823. The van der Waals surface area contributed by atoms with Crippen LogP contribution >= 0.6 is 11.8 Å². The Morgan fingerprint density at radius 2 is 2.50 bits per heavy atom. The van der Waals surface area contributed by atoms with Crippen LogP contribution in [-0.4, -0.2) is 17.6 Å². The average molecular weight is 106 g/mol. The Labute approximate surface area is 40.7 Å². The normalized spacial score (nSPS) is 19.8. The van der Waals surface area contributed by atoms with Crippen LogP contribution in [-0.2, 0) is 0 Å². The van der Waals surface area contributed by atoms with Crippen LogP contribution in [0.15, 0.2) is 10.3 Å². The van der Waals surface area contributed by atoms with E-state index in [9.17, 15) is 0 Å². The fourth-order valence-corrected chi connectivity index (χ4v) is 0.409. The van der Waals surface area contributed by atoms with Crippen molar-refractivity contribution in [1.29, 1.82) is 0 Å². The highest BCUT2D eigenvalue weighted by Gasteiger charge is 1.99. The smallest absolute Gasteiger partial charge is 0.0828 e. The zero-order valence-corrected chi connectivity index (χ0v) is 3.89. The van der Waals surface area contributed by atoms with E-state index in [1.54, 1.807) is 0 Å². The highest BCUT2D eigenvalue weighted by atomic mass is 35.5.